The second-order valence-electron chi connectivity index (χ2n) is 43.6. The Kier molecular flexibility index (Phi) is 46.8. The number of rotatable bonds is 29. The topological polar surface area (TPSA) is 184 Å². The van der Waals surface area contributed by atoms with Gasteiger partial charge in [-0.05, 0) is 402 Å². The minimum absolute atomic E-state index is 0.0439. The largest absolute Gasteiger partial charge is 0.516 e. The van der Waals surface area contributed by atoms with Crippen LogP contribution in [0, 0.1) is 118 Å². The van der Waals surface area contributed by atoms with Gasteiger partial charge in [0.2, 0.25) is 0 Å². The van der Waals surface area contributed by atoms with E-state index in [0.29, 0.717) is 106 Å². The highest BCUT2D eigenvalue weighted by Crippen LogP contribution is 2.54. The van der Waals surface area contributed by atoms with E-state index in [-0.39, 0.29) is 36.5 Å². The molecule has 0 spiro atoms. The predicted octanol–water partition coefficient (Wildman–Crippen LogP) is 30.5. The lowest BCUT2D eigenvalue weighted by molar-refractivity contribution is -0.144. The van der Waals surface area contributed by atoms with Crippen molar-refractivity contribution in [1.82, 2.24) is 0 Å². The molecule has 730 valence electrons. The van der Waals surface area contributed by atoms with Crippen molar-refractivity contribution in [3.63, 3.8) is 0 Å². The van der Waals surface area contributed by atoms with E-state index in [2.05, 4.69) is 173 Å². The van der Waals surface area contributed by atoms with Gasteiger partial charge in [-0.15, -0.1) is 0 Å². The second-order valence-corrected chi connectivity index (χ2v) is 43.6. The van der Waals surface area contributed by atoms with E-state index in [0.717, 1.165) is 109 Å². The number of esters is 6. The van der Waals surface area contributed by atoms with E-state index < -0.39 is 12.1 Å². The van der Waals surface area contributed by atoms with Crippen LogP contribution in [0.1, 0.15) is 392 Å². The first-order valence-electron chi connectivity index (χ1n) is 52.0. The summed E-state index contributed by atoms with van der Waals surface area (Å²) in [6.07, 6.45) is 51.3. The van der Waals surface area contributed by atoms with Crippen molar-refractivity contribution in [2.75, 3.05) is 39.6 Å². The van der Waals surface area contributed by atoms with Crippen molar-refractivity contribution in [2.45, 2.75) is 392 Å². The number of carbonyl (C=O) groups is 7. The molecule has 18 atom stereocenters. The van der Waals surface area contributed by atoms with Gasteiger partial charge < -0.3 is 33.2 Å². The average molecular weight is 1800 g/mol. The first-order valence-corrected chi connectivity index (χ1v) is 52.0. The second kappa shape index (κ2) is 55.3. The highest BCUT2D eigenvalue weighted by molar-refractivity contribution is 5.80. The lowest BCUT2D eigenvalue weighted by Crippen LogP contribution is -2.23. The van der Waals surface area contributed by atoms with Gasteiger partial charge in [-0.3, -0.25) is 28.8 Å². The van der Waals surface area contributed by atoms with E-state index in [9.17, 15) is 33.6 Å². The fourth-order valence-electron chi connectivity index (χ4n) is 24.3. The summed E-state index contributed by atoms with van der Waals surface area (Å²) in [6.45, 7) is 58.2. The fraction of sp³-hybridized carbons (Fsp3) is 0.733. The van der Waals surface area contributed by atoms with Gasteiger partial charge in [0.25, 0.3) is 0 Å². The molecule has 0 aromatic rings. The summed E-state index contributed by atoms with van der Waals surface area (Å²) in [5.74, 6) is 12.7. The molecule has 0 saturated heterocycles. The van der Waals surface area contributed by atoms with Crippen molar-refractivity contribution in [2.24, 2.45) is 118 Å². The Morgan fingerprint density at radius 2 is 0.492 bits per heavy atom. The summed E-state index contributed by atoms with van der Waals surface area (Å²) >= 11 is 0. The zero-order valence-electron chi connectivity index (χ0n) is 86.8. The lowest BCUT2D eigenvalue weighted by Gasteiger charge is -2.34. The number of hydrogen-bond donors (Lipinski definition) is 0. The highest BCUT2D eigenvalue weighted by Gasteiger charge is 2.42. The molecule has 0 N–H and O–H groups in total. The van der Waals surface area contributed by atoms with Gasteiger partial charge in [0, 0.05) is 39.5 Å². The number of fused-ring (bicyclic) bond motifs is 6. The number of ether oxygens (including phenoxy) is 7. The maximum atomic E-state index is 11.7. The summed E-state index contributed by atoms with van der Waals surface area (Å²) < 4.78 is 36.0. The molecule has 12 unspecified atom stereocenters. The van der Waals surface area contributed by atoms with Crippen molar-refractivity contribution < 1.29 is 66.7 Å². The molecule has 12 aliphatic carbocycles. The number of carbonyl (C=O) groups excluding carboxylic acids is 7. The maximum absolute atomic E-state index is 11.7. The van der Waals surface area contributed by atoms with Crippen LogP contribution in [0.25, 0.3) is 0 Å². The Hall–Kier alpha value is -6.83. The van der Waals surface area contributed by atoms with Crippen molar-refractivity contribution >= 4 is 42.0 Å². The molecule has 0 aliphatic heterocycles. The molecule has 0 amide bonds. The Balaban J connectivity index is 0.000000214. The van der Waals surface area contributed by atoms with Crippen LogP contribution in [0.15, 0.2) is 137 Å². The SMILES string of the molecule is CC(=O)OC(=O)OC/C(C)=C\[C@@H]1CCC(C)C2CCC(C)=C21.CC(=O)OC/C(C)=C/[C@@H]1CCC(C)C2CCC(C)=C21.CC1=C2C(CC1)C(C)CC[C@H]2/C=C(/C)COC(=O)CC(C)C.CC1=C2C(CC1)C(C)CC[C@H]2/C=C(\C)COC(=O)CC(C)C.CCCCC(=O)OC/C(C)=C/[C@@H]1CCC(C)C2CCC(C)=C21.CCCCCC(=O)OC/C(C)=C\[C@@H]1CCC(C)C2CCC(C)=C21. The van der Waals surface area contributed by atoms with E-state index in [4.69, 9.17) is 28.4 Å². The highest BCUT2D eigenvalue weighted by atomic mass is 16.7. The monoisotopic (exact) mass is 1800 g/mol. The zero-order valence-corrected chi connectivity index (χ0v) is 86.8. The minimum atomic E-state index is -0.924. The van der Waals surface area contributed by atoms with Gasteiger partial charge in [-0.2, -0.15) is 0 Å². The quantitative estimate of drug-likeness (QED) is 0.0226. The number of unbranched alkanes of at least 4 members (excludes halogenated alkanes) is 3. The first kappa shape index (κ1) is 110. The summed E-state index contributed by atoms with van der Waals surface area (Å²) in [7, 11) is 0. The Bertz CT molecular complexity index is 4070. The van der Waals surface area contributed by atoms with E-state index >= 15 is 0 Å². The molecule has 0 heterocycles. The Labute approximate surface area is 790 Å². The third-order valence-electron chi connectivity index (χ3n) is 31.2. The molecule has 0 aromatic carbocycles. The molecule has 12 rings (SSSR count). The Morgan fingerprint density at radius 3 is 0.708 bits per heavy atom. The van der Waals surface area contributed by atoms with Crippen LogP contribution in [0.4, 0.5) is 4.79 Å². The van der Waals surface area contributed by atoms with Gasteiger partial charge in [0.1, 0.15) is 39.6 Å². The van der Waals surface area contributed by atoms with Crippen LogP contribution in [-0.4, -0.2) is 81.6 Å². The zero-order chi connectivity index (χ0) is 95.8. The molecular weight excluding hydrogens is 1620 g/mol. The van der Waals surface area contributed by atoms with E-state index in [1.54, 1.807) is 66.9 Å². The van der Waals surface area contributed by atoms with Crippen LogP contribution in [-0.2, 0) is 61.9 Å². The third kappa shape index (κ3) is 34.8. The maximum Gasteiger partial charge on any atom is 0.516 e. The van der Waals surface area contributed by atoms with Gasteiger partial charge in [0.15, 0.2) is 0 Å². The molecule has 14 nitrogen and oxygen atoms in total. The van der Waals surface area contributed by atoms with Crippen molar-refractivity contribution in [3.8, 4) is 0 Å². The standard InChI is InChI=1S/C21H34O2.3C20H32O2.C18H26O4.C17H26O2/c1-5-6-7-8-20(22)23-14-15(2)13-18-11-9-16(3)19-12-10-17(4)21(18)19;2*1-13(2)10-19(21)22-12-14(3)11-17-8-6-15(4)18-9-7-16(5)20(17)18;1-5-6-7-19(21)22-13-14(2)12-17-10-8-15(3)18-11-9-16(4)20(17)18;1-11(10-21-18(20)22-14(4)19)9-15-7-5-12(2)16-8-6-13(3)17(15)16;1-11(10-19-14(4)18)9-15-7-5-12(2)16-8-6-13(3)17(15)16/h13,16,18-19H,5-12,14H2,1-4H3;2*11,13,15,17-18H,6-10,12H2,1-5H3;12,15,17-18H,5-11,13H2,1-4H3;9,12,15-16H,5-8,10H2,1-4H3;9,12,15-16H,5-8,10H2,1-4H3/b15-13-;14-11+;14-11-;14-12+;11-9-;11-9+/t16?,18-,19?;3*15?,17-,18?;2*12?,15-,16?/m000000/s1. The Morgan fingerprint density at radius 1 is 0.277 bits per heavy atom. The molecular formula is C116H182O14. The van der Waals surface area contributed by atoms with Crippen LogP contribution < -0.4 is 0 Å². The van der Waals surface area contributed by atoms with E-state index in [1.807, 2.05) is 34.6 Å². The average Bonchev–Trinajstić information content (AvgIpc) is 1.68. The molecule has 14 heteroatoms. The van der Waals surface area contributed by atoms with Crippen molar-refractivity contribution in [1.29, 1.82) is 0 Å². The van der Waals surface area contributed by atoms with Crippen molar-refractivity contribution in [3.05, 3.63) is 137 Å². The summed E-state index contributed by atoms with van der Waals surface area (Å²) in [6, 6.07) is 0. The number of hydrogen-bond acceptors (Lipinski definition) is 14. The molecule has 130 heavy (non-hydrogen) atoms. The van der Waals surface area contributed by atoms with Gasteiger partial charge in [-0.1, -0.05) is 206 Å². The number of allylic oxidation sites excluding steroid dienone is 18. The first-order chi connectivity index (χ1) is 61.7. The van der Waals surface area contributed by atoms with Crippen LogP contribution >= 0.6 is 0 Å². The third-order valence-corrected chi connectivity index (χ3v) is 31.2. The normalized spacial score (nSPS) is 29.0. The molecule has 12 aliphatic rings. The van der Waals surface area contributed by atoms with Gasteiger partial charge in [-0.25, -0.2) is 4.79 Å². The summed E-state index contributed by atoms with van der Waals surface area (Å²) in [5.41, 5.74) is 26.7. The van der Waals surface area contributed by atoms with Gasteiger partial charge in [0.05, 0.1) is 0 Å². The fourth-order valence-corrected chi connectivity index (χ4v) is 24.3. The van der Waals surface area contributed by atoms with Crippen LogP contribution in [0.2, 0.25) is 0 Å². The molecule has 6 saturated carbocycles. The van der Waals surface area contributed by atoms with Crippen LogP contribution in [0.5, 0.6) is 0 Å². The molecule has 6 fully saturated rings. The van der Waals surface area contributed by atoms with Crippen LogP contribution in [0.3, 0.4) is 0 Å². The molecule has 0 radical (unpaired) electrons. The smallest absolute Gasteiger partial charge is 0.461 e. The summed E-state index contributed by atoms with van der Waals surface area (Å²) in [5, 5.41) is 0. The van der Waals surface area contributed by atoms with E-state index in [1.165, 1.54) is 196 Å². The minimum Gasteiger partial charge on any atom is -0.461 e. The summed E-state index contributed by atoms with van der Waals surface area (Å²) in [4.78, 5) is 79.4. The lowest BCUT2D eigenvalue weighted by atomic mass is 9.71. The molecule has 0 bridgehead atoms. The predicted molar refractivity (Wildman–Crippen MR) is 533 cm³/mol. The van der Waals surface area contributed by atoms with Gasteiger partial charge >= 0.3 is 42.0 Å². The molecule has 0 aromatic heterocycles.